The van der Waals surface area contributed by atoms with E-state index in [-0.39, 0.29) is 17.6 Å². The third kappa shape index (κ3) is 3.42. The van der Waals surface area contributed by atoms with Gasteiger partial charge >= 0.3 is 12.0 Å². The number of rotatable bonds is 5. The molecule has 0 radical (unpaired) electrons. The monoisotopic (exact) mass is 288 g/mol. The zero-order valence-electron chi connectivity index (χ0n) is 12.3. The van der Waals surface area contributed by atoms with Crippen LogP contribution < -0.4 is 5.32 Å². The Bertz CT molecular complexity index is 591. The van der Waals surface area contributed by atoms with E-state index in [9.17, 15) is 14.7 Å². The number of anilines is 1. The highest BCUT2D eigenvalue weighted by atomic mass is 16.4. The molecule has 0 spiro atoms. The molecular formula is C16H20N2O3. The van der Waals surface area contributed by atoms with Crippen LogP contribution in [0.5, 0.6) is 0 Å². The van der Waals surface area contributed by atoms with Gasteiger partial charge in [-0.05, 0) is 43.9 Å². The van der Waals surface area contributed by atoms with Crippen molar-refractivity contribution in [1.29, 1.82) is 0 Å². The van der Waals surface area contributed by atoms with Gasteiger partial charge in [-0.1, -0.05) is 12.1 Å². The van der Waals surface area contributed by atoms with Crippen molar-refractivity contribution in [2.75, 3.05) is 11.9 Å². The van der Waals surface area contributed by atoms with Gasteiger partial charge in [-0.15, -0.1) is 6.58 Å². The first-order chi connectivity index (χ1) is 9.93. The zero-order chi connectivity index (χ0) is 15.6. The molecule has 0 unspecified atom stereocenters. The fourth-order valence-corrected chi connectivity index (χ4v) is 2.40. The molecule has 1 aromatic carbocycles. The van der Waals surface area contributed by atoms with Crippen LogP contribution in [0.2, 0.25) is 0 Å². The smallest absolute Gasteiger partial charge is 0.337 e. The maximum atomic E-state index is 12.4. The lowest BCUT2D eigenvalue weighted by Crippen LogP contribution is -2.37. The molecular weight excluding hydrogens is 268 g/mol. The van der Waals surface area contributed by atoms with E-state index in [0.717, 1.165) is 24.0 Å². The van der Waals surface area contributed by atoms with Gasteiger partial charge in [0.15, 0.2) is 0 Å². The second-order valence-electron chi connectivity index (χ2n) is 5.41. The number of hydrogen-bond acceptors (Lipinski definition) is 2. The van der Waals surface area contributed by atoms with Gasteiger partial charge in [0.1, 0.15) is 0 Å². The summed E-state index contributed by atoms with van der Waals surface area (Å²) < 4.78 is 0. The molecule has 0 aromatic heterocycles. The highest BCUT2D eigenvalue weighted by Gasteiger charge is 2.32. The summed E-state index contributed by atoms with van der Waals surface area (Å²) in [6, 6.07) is 3.39. The minimum atomic E-state index is -1.04. The summed E-state index contributed by atoms with van der Waals surface area (Å²) in [5, 5.41) is 12.1. The Hall–Kier alpha value is -2.30. The van der Waals surface area contributed by atoms with Gasteiger partial charge in [0.05, 0.1) is 11.3 Å². The normalized spacial score (nSPS) is 13.6. The first-order valence-electron chi connectivity index (χ1n) is 6.97. The number of carboxylic acid groups (broad SMARTS) is 1. The fraction of sp³-hybridized carbons (Fsp3) is 0.375. The Labute approximate surface area is 124 Å². The molecule has 0 heterocycles. The van der Waals surface area contributed by atoms with Crippen molar-refractivity contribution in [1.82, 2.24) is 4.90 Å². The molecule has 5 heteroatoms. The lowest BCUT2D eigenvalue weighted by atomic mass is 10.0. The molecule has 1 saturated carbocycles. The topological polar surface area (TPSA) is 69.6 Å². The van der Waals surface area contributed by atoms with Crippen molar-refractivity contribution < 1.29 is 14.7 Å². The molecule has 1 aliphatic carbocycles. The minimum Gasteiger partial charge on any atom is -0.478 e. The maximum absolute atomic E-state index is 12.4. The lowest BCUT2D eigenvalue weighted by molar-refractivity contribution is 0.0698. The van der Waals surface area contributed by atoms with Crippen LogP contribution in [0.4, 0.5) is 10.5 Å². The van der Waals surface area contributed by atoms with E-state index in [1.54, 1.807) is 24.0 Å². The second kappa shape index (κ2) is 5.99. The van der Waals surface area contributed by atoms with E-state index in [0.29, 0.717) is 12.2 Å². The van der Waals surface area contributed by atoms with Gasteiger partial charge in [0.25, 0.3) is 0 Å². The van der Waals surface area contributed by atoms with Crippen LogP contribution >= 0.6 is 0 Å². The number of nitrogens with zero attached hydrogens (tertiary/aromatic N) is 1. The summed E-state index contributed by atoms with van der Waals surface area (Å²) in [4.78, 5) is 25.4. The largest absolute Gasteiger partial charge is 0.478 e. The van der Waals surface area contributed by atoms with Gasteiger partial charge in [-0.3, -0.25) is 0 Å². The van der Waals surface area contributed by atoms with Crippen molar-refractivity contribution in [3.63, 3.8) is 0 Å². The zero-order valence-corrected chi connectivity index (χ0v) is 12.3. The summed E-state index contributed by atoms with van der Waals surface area (Å²) in [6.07, 6.45) is 3.65. The number of benzene rings is 1. The summed E-state index contributed by atoms with van der Waals surface area (Å²) >= 11 is 0. The molecule has 2 amide bonds. The fourth-order valence-electron chi connectivity index (χ4n) is 2.40. The van der Waals surface area contributed by atoms with Crippen LogP contribution in [-0.4, -0.2) is 34.6 Å². The first kappa shape index (κ1) is 15.1. The maximum Gasteiger partial charge on any atom is 0.337 e. The molecule has 0 aliphatic heterocycles. The Morgan fingerprint density at radius 3 is 2.62 bits per heavy atom. The predicted octanol–water partition coefficient (Wildman–Crippen LogP) is 3.18. The molecule has 1 aromatic rings. The number of nitrogens with one attached hydrogen (secondary N) is 1. The van der Waals surface area contributed by atoms with Crippen molar-refractivity contribution in [2.24, 2.45) is 0 Å². The first-order valence-corrected chi connectivity index (χ1v) is 6.97. The molecule has 0 bridgehead atoms. The number of carboxylic acids is 1. The van der Waals surface area contributed by atoms with E-state index in [4.69, 9.17) is 0 Å². The molecule has 1 aliphatic rings. The number of amides is 2. The number of hydrogen-bond donors (Lipinski definition) is 2. The average molecular weight is 288 g/mol. The number of carbonyl (C=O) groups excluding carboxylic acids is 1. The molecule has 2 rings (SSSR count). The van der Waals surface area contributed by atoms with Crippen molar-refractivity contribution in [2.45, 2.75) is 32.7 Å². The standard InChI is InChI=1S/C16H20N2O3/c1-4-7-18(12-5-6-12)16(21)17-14-11(3)8-10(2)9-13(14)15(19)20/h4,8-9,12H,1,5-7H2,2-3H3,(H,17,21)(H,19,20). The summed E-state index contributed by atoms with van der Waals surface area (Å²) in [5.74, 6) is -1.04. The van der Waals surface area contributed by atoms with Gasteiger partial charge in [0, 0.05) is 12.6 Å². The Balaban J connectivity index is 2.27. The van der Waals surface area contributed by atoms with Crippen LogP contribution in [0.15, 0.2) is 24.8 Å². The number of aryl methyl sites for hydroxylation is 2. The van der Waals surface area contributed by atoms with E-state index in [2.05, 4.69) is 11.9 Å². The van der Waals surface area contributed by atoms with Gasteiger partial charge in [0.2, 0.25) is 0 Å². The van der Waals surface area contributed by atoms with Gasteiger partial charge in [-0.2, -0.15) is 0 Å². The summed E-state index contributed by atoms with van der Waals surface area (Å²) in [5.41, 5.74) is 2.09. The summed E-state index contributed by atoms with van der Waals surface area (Å²) in [7, 11) is 0. The number of carbonyl (C=O) groups is 2. The number of aromatic carboxylic acids is 1. The van der Waals surface area contributed by atoms with Crippen LogP contribution in [0.25, 0.3) is 0 Å². The number of urea groups is 1. The lowest BCUT2D eigenvalue weighted by Gasteiger charge is -2.22. The van der Waals surface area contributed by atoms with Crippen LogP contribution in [0.3, 0.4) is 0 Å². The van der Waals surface area contributed by atoms with E-state index < -0.39 is 5.97 Å². The van der Waals surface area contributed by atoms with E-state index in [1.807, 2.05) is 13.0 Å². The SMILES string of the molecule is C=CCN(C(=O)Nc1c(C)cc(C)cc1C(=O)O)C1CC1. The Morgan fingerprint density at radius 2 is 2.10 bits per heavy atom. The van der Waals surface area contributed by atoms with Crippen molar-refractivity contribution in [3.8, 4) is 0 Å². The Morgan fingerprint density at radius 1 is 1.43 bits per heavy atom. The Kier molecular flexibility index (Phi) is 4.31. The molecule has 21 heavy (non-hydrogen) atoms. The minimum absolute atomic E-state index is 0.121. The van der Waals surface area contributed by atoms with E-state index in [1.165, 1.54) is 0 Å². The third-order valence-corrected chi connectivity index (χ3v) is 3.52. The molecule has 112 valence electrons. The molecule has 0 saturated heterocycles. The predicted molar refractivity (Wildman–Crippen MR) is 81.8 cm³/mol. The highest BCUT2D eigenvalue weighted by molar-refractivity contribution is 6.01. The van der Waals surface area contributed by atoms with Crippen LogP contribution in [0, 0.1) is 13.8 Å². The highest BCUT2D eigenvalue weighted by Crippen LogP contribution is 2.29. The molecule has 5 nitrogen and oxygen atoms in total. The van der Waals surface area contributed by atoms with E-state index >= 15 is 0 Å². The van der Waals surface area contributed by atoms with Crippen molar-refractivity contribution >= 4 is 17.7 Å². The average Bonchev–Trinajstić information content (AvgIpc) is 3.22. The quantitative estimate of drug-likeness (QED) is 0.817. The van der Waals surface area contributed by atoms with Gasteiger partial charge in [-0.25, -0.2) is 9.59 Å². The van der Waals surface area contributed by atoms with Crippen LogP contribution in [-0.2, 0) is 0 Å². The second-order valence-corrected chi connectivity index (χ2v) is 5.41. The molecule has 1 fully saturated rings. The summed E-state index contributed by atoms with van der Waals surface area (Å²) in [6.45, 7) is 7.75. The van der Waals surface area contributed by atoms with Gasteiger partial charge < -0.3 is 15.3 Å². The molecule has 2 N–H and O–H groups in total. The molecule has 0 atom stereocenters. The van der Waals surface area contributed by atoms with Crippen LogP contribution in [0.1, 0.15) is 34.3 Å². The van der Waals surface area contributed by atoms with Crippen molar-refractivity contribution in [3.05, 3.63) is 41.5 Å². The third-order valence-electron chi connectivity index (χ3n) is 3.52.